The number of hydrogen-bond donors (Lipinski definition) is 2. The van der Waals surface area contributed by atoms with Crippen LogP contribution in [0.3, 0.4) is 0 Å². The van der Waals surface area contributed by atoms with E-state index in [2.05, 4.69) is 20.7 Å². The molecule has 0 radical (unpaired) electrons. The molecule has 0 aliphatic rings. The summed E-state index contributed by atoms with van der Waals surface area (Å²) in [5, 5.41) is 10.5. The number of carbonyl (C=O) groups is 1. The minimum Gasteiger partial charge on any atom is -0.494 e. The highest BCUT2D eigenvalue weighted by Gasteiger charge is 2.14. The number of rotatable bonds is 8. The van der Waals surface area contributed by atoms with Crippen LogP contribution in [0.2, 0.25) is 0 Å². The van der Waals surface area contributed by atoms with Gasteiger partial charge >= 0.3 is 0 Å². The van der Waals surface area contributed by atoms with Crippen molar-refractivity contribution in [3.63, 3.8) is 0 Å². The van der Waals surface area contributed by atoms with Crippen LogP contribution in [0.4, 0.5) is 5.69 Å². The topological polar surface area (TPSA) is 99.0 Å². The number of aryl methyl sites for hydroxylation is 2. The first-order valence-corrected chi connectivity index (χ1v) is 10.9. The Hall–Kier alpha value is -4.01. The lowest BCUT2D eigenvalue weighted by Gasteiger charge is -2.14. The third-order valence-electron chi connectivity index (χ3n) is 5.36. The van der Waals surface area contributed by atoms with Crippen LogP contribution in [0.25, 0.3) is 0 Å². The molecule has 0 spiro atoms. The van der Waals surface area contributed by atoms with Crippen LogP contribution >= 0.6 is 0 Å². The molecule has 0 aliphatic heterocycles. The SMILES string of the molecule is CCOc1ccc(NC(=NCc2c(C)nn(C)c2C)NC(=O)c2ccc(OC)c(OC)c2)cc1. The third-order valence-corrected chi connectivity index (χ3v) is 5.36. The maximum absolute atomic E-state index is 13.0. The molecule has 0 bridgehead atoms. The smallest absolute Gasteiger partial charge is 0.258 e. The molecule has 0 aliphatic carbocycles. The van der Waals surface area contributed by atoms with Gasteiger partial charge in [-0.15, -0.1) is 0 Å². The van der Waals surface area contributed by atoms with Gasteiger partial charge in [0.1, 0.15) is 5.75 Å². The van der Waals surface area contributed by atoms with Gasteiger partial charge in [-0.1, -0.05) is 0 Å². The van der Waals surface area contributed by atoms with Gasteiger partial charge in [-0.05, 0) is 63.2 Å². The molecule has 0 fully saturated rings. The van der Waals surface area contributed by atoms with Crippen LogP contribution < -0.4 is 24.8 Å². The van der Waals surface area contributed by atoms with Gasteiger partial charge in [0.15, 0.2) is 11.5 Å². The van der Waals surface area contributed by atoms with Crippen molar-refractivity contribution < 1.29 is 19.0 Å². The van der Waals surface area contributed by atoms with Gasteiger partial charge in [0.25, 0.3) is 5.91 Å². The highest BCUT2D eigenvalue weighted by molar-refractivity contribution is 6.10. The van der Waals surface area contributed by atoms with E-state index in [0.29, 0.717) is 36.2 Å². The number of methoxy groups -OCH3 is 2. The number of ether oxygens (including phenoxy) is 3. The molecule has 0 unspecified atom stereocenters. The number of hydrogen-bond acceptors (Lipinski definition) is 6. The first-order chi connectivity index (χ1) is 16.4. The molecule has 9 heteroatoms. The van der Waals surface area contributed by atoms with Crippen molar-refractivity contribution in [2.24, 2.45) is 12.0 Å². The summed E-state index contributed by atoms with van der Waals surface area (Å²) < 4.78 is 17.9. The van der Waals surface area contributed by atoms with Gasteiger partial charge in [0.05, 0.1) is 33.1 Å². The predicted molar refractivity (Wildman–Crippen MR) is 132 cm³/mol. The average Bonchev–Trinajstić information content (AvgIpc) is 3.08. The Morgan fingerprint density at radius 2 is 1.76 bits per heavy atom. The molecular weight excluding hydrogens is 434 g/mol. The van der Waals surface area contributed by atoms with Crippen LogP contribution in [-0.2, 0) is 13.6 Å². The number of nitrogens with zero attached hydrogens (tertiary/aromatic N) is 3. The van der Waals surface area contributed by atoms with Crippen molar-refractivity contribution in [2.45, 2.75) is 27.3 Å². The van der Waals surface area contributed by atoms with E-state index in [9.17, 15) is 4.79 Å². The minimum absolute atomic E-state index is 0.312. The van der Waals surface area contributed by atoms with Crippen molar-refractivity contribution in [3.8, 4) is 17.2 Å². The van der Waals surface area contributed by atoms with Crippen molar-refractivity contribution in [1.29, 1.82) is 0 Å². The number of aliphatic imine (C=N–C) groups is 1. The van der Waals surface area contributed by atoms with Crippen LogP contribution in [0.15, 0.2) is 47.5 Å². The lowest BCUT2D eigenvalue weighted by atomic mass is 10.2. The standard InChI is InChI=1S/C25H31N5O4/c1-7-34-20-11-9-19(10-12-20)27-25(26-15-21-16(2)29-30(4)17(21)3)28-24(31)18-8-13-22(32-5)23(14-18)33-6/h8-14H,7,15H2,1-6H3,(H2,26,27,28,31). The number of anilines is 1. The van der Waals surface area contributed by atoms with Crippen molar-refractivity contribution >= 4 is 17.6 Å². The zero-order valence-corrected chi connectivity index (χ0v) is 20.4. The predicted octanol–water partition coefficient (Wildman–Crippen LogP) is 3.85. The molecule has 180 valence electrons. The highest BCUT2D eigenvalue weighted by Crippen LogP contribution is 2.27. The maximum Gasteiger partial charge on any atom is 0.258 e. The second-order valence-corrected chi connectivity index (χ2v) is 7.54. The third kappa shape index (κ3) is 5.86. The summed E-state index contributed by atoms with van der Waals surface area (Å²) in [5.41, 5.74) is 4.10. The fourth-order valence-corrected chi connectivity index (χ4v) is 3.41. The number of benzene rings is 2. The first-order valence-electron chi connectivity index (χ1n) is 10.9. The molecule has 3 rings (SSSR count). The van der Waals surface area contributed by atoms with E-state index >= 15 is 0 Å². The Labute approximate surface area is 199 Å². The molecule has 1 heterocycles. The molecular formula is C25H31N5O4. The van der Waals surface area contributed by atoms with Crippen LogP contribution in [0.5, 0.6) is 17.2 Å². The second kappa shape index (κ2) is 11.2. The normalized spacial score (nSPS) is 11.2. The van der Waals surface area contributed by atoms with Crippen LogP contribution in [0, 0.1) is 13.8 Å². The molecule has 3 aromatic rings. The lowest BCUT2D eigenvalue weighted by Crippen LogP contribution is -2.36. The molecule has 0 atom stereocenters. The van der Waals surface area contributed by atoms with E-state index in [-0.39, 0.29) is 5.91 Å². The number of guanidine groups is 1. The zero-order chi connectivity index (χ0) is 24.7. The molecule has 9 nitrogen and oxygen atoms in total. The Morgan fingerprint density at radius 3 is 2.35 bits per heavy atom. The Bertz CT molecular complexity index is 1170. The summed E-state index contributed by atoms with van der Waals surface area (Å²) in [6.07, 6.45) is 0. The number of aromatic nitrogens is 2. The molecule has 1 amide bonds. The van der Waals surface area contributed by atoms with Crippen molar-refractivity contribution in [3.05, 3.63) is 65.0 Å². The van der Waals surface area contributed by atoms with Gasteiger partial charge in [-0.3, -0.25) is 14.8 Å². The highest BCUT2D eigenvalue weighted by atomic mass is 16.5. The fraction of sp³-hybridized carbons (Fsp3) is 0.320. The van der Waals surface area contributed by atoms with Gasteiger partial charge in [-0.25, -0.2) is 4.99 Å². The van der Waals surface area contributed by atoms with E-state index in [1.54, 1.807) is 25.3 Å². The summed E-state index contributed by atoms with van der Waals surface area (Å²) in [4.78, 5) is 17.7. The Morgan fingerprint density at radius 1 is 1.06 bits per heavy atom. The van der Waals surface area contributed by atoms with Gasteiger partial charge in [-0.2, -0.15) is 5.10 Å². The molecule has 2 aromatic carbocycles. The van der Waals surface area contributed by atoms with E-state index in [0.717, 1.165) is 28.4 Å². The number of carbonyl (C=O) groups excluding carboxylic acids is 1. The zero-order valence-electron chi connectivity index (χ0n) is 20.4. The fourth-order valence-electron chi connectivity index (χ4n) is 3.41. The lowest BCUT2D eigenvalue weighted by molar-refractivity contribution is 0.0976. The monoisotopic (exact) mass is 465 g/mol. The summed E-state index contributed by atoms with van der Waals surface area (Å²) in [7, 11) is 4.97. The Balaban J connectivity index is 1.86. The average molecular weight is 466 g/mol. The summed E-state index contributed by atoms with van der Waals surface area (Å²) in [5.74, 6) is 1.75. The number of nitrogens with one attached hydrogen (secondary N) is 2. The second-order valence-electron chi connectivity index (χ2n) is 7.54. The van der Waals surface area contributed by atoms with E-state index in [1.165, 1.54) is 7.11 Å². The van der Waals surface area contributed by atoms with Gasteiger partial charge in [0.2, 0.25) is 5.96 Å². The van der Waals surface area contributed by atoms with Crippen LogP contribution in [0.1, 0.15) is 34.2 Å². The summed E-state index contributed by atoms with van der Waals surface area (Å²) in [6, 6.07) is 12.4. The van der Waals surface area contributed by atoms with E-state index < -0.39 is 0 Å². The van der Waals surface area contributed by atoms with E-state index in [4.69, 9.17) is 14.2 Å². The first kappa shape index (κ1) is 24.6. The number of amides is 1. The van der Waals surface area contributed by atoms with Crippen LogP contribution in [-0.4, -0.2) is 42.5 Å². The maximum atomic E-state index is 13.0. The summed E-state index contributed by atoms with van der Waals surface area (Å²) in [6.45, 7) is 6.82. The van der Waals surface area contributed by atoms with Crippen molar-refractivity contribution in [2.75, 3.05) is 26.1 Å². The van der Waals surface area contributed by atoms with Gasteiger partial charge < -0.3 is 19.5 Å². The molecule has 0 saturated heterocycles. The quantitative estimate of drug-likeness (QED) is 0.387. The van der Waals surface area contributed by atoms with E-state index in [1.807, 2.05) is 56.8 Å². The van der Waals surface area contributed by atoms with Crippen molar-refractivity contribution in [1.82, 2.24) is 15.1 Å². The molecule has 1 aromatic heterocycles. The molecule has 0 saturated carbocycles. The molecule has 2 N–H and O–H groups in total. The summed E-state index contributed by atoms with van der Waals surface area (Å²) >= 11 is 0. The largest absolute Gasteiger partial charge is 0.494 e. The molecule has 34 heavy (non-hydrogen) atoms. The Kier molecular flexibility index (Phi) is 8.13. The van der Waals surface area contributed by atoms with Gasteiger partial charge in [0, 0.05) is 29.6 Å². The minimum atomic E-state index is -0.335.